The van der Waals surface area contributed by atoms with Crippen LogP contribution in [0.4, 0.5) is 0 Å². The fourth-order valence-electron chi connectivity index (χ4n) is 2.05. The molecule has 0 fully saturated rings. The monoisotopic (exact) mass is 265 g/mol. The lowest BCUT2D eigenvalue weighted by Crippen LogP contribution is -2.20. The van der Waals surface area contributed by atoms with Crippen molar-refractivity contribution in [3.8, 4) is 0 Å². The molecule has 0 amide bonds. The van der Waals surface area contributed by atoms with Crippen molar-refractivity contribution in [1.29, 1.82) is 0 Å². The summed E-state index contributed by atoms with van der Waals surface area (Å²) in [5, 5.41) is 11.0. The van der Waals surface area contributed by atoms with Crippen LogP contribution in [-0.2, 0) is 0 Å². The van der Waals surface area contributed by atoms with Gasteiger partial charge in [0, 0.05) is 17.5 Å². The van der Waals surface area contributed by atoms with E-state index in [2.05, 4.69) is 0 Å². The van der Waals surface area contributed by atoms with E-state index in [0.717, 1.165) is 11.1 Å². The molecule has 2 unspecified atom stereocenters. The van der Waals surface area contributed by atoms with Crippen LogP contribution in [0.3, 0.4) is 0 Å². The smallest absolute Gasteiger partial charge is 0.135 e. The highest BCUT2D eigenvalue weighted by Crippen LogP contribution is 2.33. The minimum atomic E-state index is -0.761. The van der Waals surface area contributed by atoms with Crippen molar-refractivity contribution in [2.75, 3.05) is 6.54 Å². The van der Waals surface area contributed by atoms with Gasteiger partial charge in [-0.2, -0.15) is 0 Å². The number of hydrogen-bond acceptors (Lipinski definition) is 3. The minimum Gasteiger partial charge on any atom is -0.466 e. The van der Waals surface area contributed by atoms with Crippen LogP contribution in [0.2, 0.25) is 5.02 Å². The predicted octanol–water partition coefficient (Wildman–Crippen LogP) is 3.02. The first kappa shape index (κ1) is 13.1. The van der Waals surface area contributed by atoms with Gasteiger partial charge in [-0.25, -0.2) is 0 Å². The number of aliphatic hydroxyl groups excluding tert-OH is 1. The van der Waals surface area contributed by atoms with E-state index in [1.807, 2.05) is 31.2 Å². The third kappa shape index (κ3) is 2.58. The molecule has 0 bridgehead atoms. The Balaban J connectivity index is 2.32. The highest BCUT2D eigenvalue weighted by molar-refractivity contribution is 6.30. The molecule has 1 heterocycles. The van der Waals surface area contributed by atoms with Gasteiger partial charge < -0.3 is 15.3 Å². The van der Waals surface area contributed by atoms with Gasteiger partial charge in [0.2, 0.25) is 0 Å². The lowest BCUT2D eigenvalue weighted by atomic mass is 9.91. The first-order chi connectivity index (χ1) is 8.63. The van der Waals surface area contributed by atoms with Gasteiger partial charge in [0.25, 0.3) is 0 Å². The SMILES string of the molecule is Cc1ccoc1C(O)C(CN)c1cccc(Cl)c1. The highest BCUT2D eigenvalue weighted by atomic mass is 35.5. The molecule has 0 spiro atoms. The van der Waals surface area contributed by atoms with Crippen LogP contribution in [-0.4, -0.2) is 11.7 Å². The molecule has 3 N–H and O–H groups in total. The van der Waals surface area contributed by atoms with Crippen LogP contribution in [0.1, 0.15) is 28.9 Å². The van der Waals surface area contributed by atoms with Crippen LogP contribution in [0.5, 0.6) is 0 Å². The molecule has 18 heavy (non-hydrogen) atoms. The normalized spacial score (nSPS) is 14.4. The maximum atomic E-state index is 10.4. The fourth-order valence-corrected chi connectivity index (χ4v) is 2.25. The highest BCUT2D eigenvalue weighted by Gasteiger charge is 2.25. The Morgan fingerprint density at radius 1 is 1.39 bits per heavy atom. The quantitative estimate of drug-likeness (QED) is 0.893. The second-order valence-electron chi connectivity index (χ2n) is 4.31. The summed E-state index contributed by atoms with van der Waals surface area (Å²) in [5.41, 5.74) is 7.60. The second-order valence-corrected chi connectivity index (χ2v) is 4.75. The summed E-state index contributed by atoms with van der Waals surface area (Å²) in [6.07, 6.45) is 0.808. The molecule has 0 saturated heterocycles. The van der Waals surface area contributed by atoms with Gasteiger partial charge in [0.15, 0.2) is 0 Å². The Morgan fingerprint density at radius 2 is 2.17 bits per heavy atom. The van der Waals surface area contributed by atoms with Crippen molar-refractivity contribution in [1.82, 2.24) is 0 Å². The number of benzene rings is 1. The van der Waals surface area contributed by atoms with Crippen molar-refractivity contribution in [3.63, 3.8) is 0 Å². The van der Waals surface area contributed by atoms with E-state index in [1.54, 1.807) is 12.3 Å². The van der Waals surface area contributed by atoms with Crippen molar-refractivity contribution < 1.29 is 9.52 Å². The number of nitrogens with two attached hydrogens (primary N) is 1. The number of aryl methyl sites for hydroxylation is 1. The summed E-state index contributed by atoms with van der Waals surface area (Å²) >= 11 is 5.96. The molecule has 0 aliphatic rings. The molecule has 1 aromatic heterocycles. The Kier molecular flexibility index (Phi) is 4.07. The Labute approximate surface area is 111 Å². The average molecular weight is 266 g/mol. The van der Waals surface area contributed by atoms with Crippen molar-refractivity contribution >= 4 is 11.6 Å². The average Bonchev–Trinajstić information content (AvgIpc) is 2.76. The molecular weight excluding hydrogens is 250 g/mol. The number of halogens is 1. The third-order valence-corrected chi connectivity index (χ3v) is 3.32. The van der Waals surface area contributed by atoms with Crippen molar-refractivity contribution in [2.24, 2.45) is 5.73 Å². The van der Waals surface area contributed by atoms with Crippen LogP contribution < -0.4 is 5.73 Å². The predicted molar refractivity (Wildman–Crippen MR) is 71.7 cm³/mol. The number of hydrogen-bond donors (Lipinski definition) is 2. The molecule has 96 valence electrons. The first-order valence-corrected chi connectivity index (χ1v) is 6.19. The molecule has 0 aliphatic carbocycles. The summed E-state index contributed by atoms with van der Waals surface area (Å²) in [5.74, 6) is 0.332. The van der Waals surface area contributed by atoms with E-state index >= 15 is 0 Å². The van der Waals surface area contributed by atoms with Gasteiger partial charge in [-0.15, -0.1) is 0 Å². The molecule has 2 aromatic rings. The summed E-state index contributed by atoms with van der Waals surface area (Å²) < 4.78 is 5.32. The number of rotatable bonds is 4. The maximum absolute atomic E-state index is 10.4. The zero-order valence-electron chi connectivity index (χ0n) is 10.1. The van der Waals surface area contributed by atoms with Crippen LogP contribution >= 0.6 is 11.6 Å². The van der Waals surface area contributed by atoms with Gasteiger partial charge >= 0.3 is 0 Å². The number of aliphatic hydroxyl groups is 1. The Morgan fingerprint density at radius 3 is 2.72 bits per heavy atom. The zero-order valence-corrected chi connectivity index (χ0v) is 10.9. The summed E-state index contributed by atoms with van der Waals surface area (Å²) in [7, 11) is 0. The molecule has 2 atom stereocenters. The molecule has 4 heteroatoms. The fraction of sp³-hybridized carbons (Fsp3) is 0.286. The molecular formula is C14H16ClNO2. The molecule has 0 aliphatic heterocycles. The first-order valence-electron chi connectivity index (χ1n) is 5.81. The van der Waals surface area contributed by atoms with Gasteiger partial charge in [-0.1, -0.05) is 23.7 Å². The largest absolute Gasteiger partial charge is 0.466 e. The molecule has 3 nitrogen and oxygen atoms in total. The summed E-state index contributed by atoms with van der Waals surface area (Å²) in [6, 6.07) is 9.20. The number of furan rings is 1. The van der Waals surface area contributed by atoms with Crippen LogP contribution in [0, 0.1) is 6.92 Å². The summed E-state index contributed by atoms with van der Waals surface area (Å²) in [6.45, 7) is 2.22. The van der Waals surface area contributed by atoms with Crippen molar-refractivity contribution in [3.05, 3.63) is 58.5 Å². The van der Waals surface area contributed by atoms with Gasteiger partial charge in [-0.05, 0) is 36.2 Å². The van der Waals surface area contributed by atoms with Crippen LogP contribution in [0.25, 0.3) is 0 Å². The van der Waals surface area contributed by atoms with E-state index in [1.165, 1.54) is 0 Å². The van der Waals surface area contributed by atoms with Crippen molar-refractivity contribution in [2.45, 2.75) is 18.9 Å². The van der Waals surface area contributed by atoms with E-state index in [0.29, 0.717) is 17.3 Å². The molecule has 0 saturated carbocycles. The van der Waals surface area contributed by atoms with E-state index in [9.17, 15) is 5.11 Å². The minimum absolute atomic E-state index is 0.228. The lowest BCUT2D eigenvalue weighted by molar-refractivity contribution is 0.121. The Hall–Kier alpha value is -1.29. The zero-order chi connectivity index (χ0) is 13.1. The molecule has 2 rings (SSSR count). The topological polar surface area (TPSA) is 59.4 Å². The lowest BCUT2D eigenvalue weighted by Gasteiger charge is -2.21. The van der Waals surface area contributed by atoms with E-state index < -0.39 is 6.10 Å². The Bertz CT molecular complexity index is 524. The molecule has 1 aromatic carbocycles. The van der Waals surface area contributed by atoms with E-state index in [4.69, 9.17) is 21.8 Å². The van der Waals surface area contributed by atoms with E-state index in [-0.39, 0.29) is 5.92 Å². The van der Waals surface area contributed by atoms with Crippen LogP contribution in [0.15, 0.2) is 41.0 Å². The van der Waals surface area contributed by atoms with Gasteiger partial charge in [0.05, 0.1) is 6.26 Å². The van der Waals surface area contributed by atoms with Gasteiger partial charge in [-0.3, -0.25) is 0 Å². The molecule has 0 radical (unpaired) electrons. The summed E-state index contributed by atoms with van der Waals surface area (Å²) in [4.78, 5) is 0. The second kappa shape index (κ2) is 5.57. The maximum Gasteiger partial charge on any atom is 0.135 e. The van der Waals surface area contributed by atoms with Gasteiger partial charge in [0.1, 0.15) is 11.9 Å². The standard InChI is InChI=1S/C14H16ClNO2/c1-9-5-6-18-14(9)13(17)12(8-16)10-3-2-4-11(15)7-10/h2-7,12-13,17H,8,16H2,1H3. The third-order valence-electron chi connectivity index (χ3n) is 3.08.